The highest BCUT2D eigenvalue weighted by molar-refractivity contribution is 6.04. The monoisotopic (exact) mass is 421 g/mol. The number of nitrogens with zero attached hydrogens (tertiary/aromatic N) is 3. The lowest BCUT2D eigenvalue weighted by Crippen LogP contribution is -2.23. The molecule has 1 unspecified atom stereocenters. The van der Waals surface area contributed by atoms with Gasteiger partial charge in [0.1, 0.15) is 17.6 Å². The van der Waals surface area contributed by atoms with Gasteiger partial charge in [0.2, 0.25) is 5.91 Å². The van der Waals surface area contributed by atoms with Crippen LogP contribution in [-0.2, 0) is 9.59 Å². The number of hydrogen-bond acceptors (Lipinski definition) is 6. The average Bonchev–Trinajstić information content (AvgIpc) is 3.28. The maximum Gasteiger partial charge on any atom is 0.274 e. The molecule has 158 valence electrons. The SMILES string of the molecule is COc1ccc(-c2cnn3c2NC(=O)C3CC(=O)Nc2ccc(C)c([N+](=O)[O-])c2)cc1. The van der Waals surface area contributed by atoms with Crippen molar-refractivity contribution in [2.45, 2.75) is 19.4 Å². The minimum Gasteiger partial charge on any atom is -0.497 e. The number of methoxy groups -OCH3 is 1. The Morgan fingerprint density at radius 3 is 2.71 bits per heavy atom. The molecular weight excluding hydrogens is 402 g/mol. The standard InChI is InChI=1S/C21H19N5O5/c1-12-3-6-14(9-17(12)26(29)30)23-19(27)10-18-21(28)24-20-16(11-22-25(18)20)13-4-7-15(31-2)8-5-13/h3-9,11,18H,10H2,1-2H3,(H,23,27)(H,24,28). The second kappa shape index (κ2) is 7.90. The van der Waals surface area contributed by atoms with Gasteiger partial charge in [0.05, 0.1) is 24.7 Å². The fourth-order valence-electron chi connectivity index (χ4n) is 3.47. The molecule has 0 fully saturated rings. The van der Waals surface area contributed by atoms with E-state index in [0.717, 1.165) is 11.1 Å². The first kappa shape index (κ1) is 20.1. The number of aromatic nitrogens is 2. The first-order valence-corrected chi connectivity index (χ1v) is 9.45. The molecule has 0 bridgehead atoms. The number of nitro groups is 1. The van der Waals surface area contributed by atoms with E-state index >= 15 is 0 Å². The molecule has 3 aromatic rings. The van der Waals surface area contributed by atoms with Crippen molar-refractivity contribution in [3.63, 3.8) is 0 Å². The molecule has 1 aromatic heterocycles. The van der Waals surface area contributed by atoms with E-state index in [-0.39, 0.29) is 18.0 Å². The third-order valence-electron chi connectivity index (χ3n) is 5.10. The summed E-state index contributed by atoms with van der Waals surface area (Å²) in [7, 11) is 1.58. The van der Waals surface area contributed by atoms with Crippen LogP contribution in [0.25, 0.3) is 11.1 Å². The molecule has 0 radical (unpaired) electrons. The van der Waals surface area contributed by atoms with Gasteiger partial charge >= 0.3 is 0 Å². The summed E-state index contributed by atoms with van der Waals surface area (Å²) in [5.41, 5.74) is 2.27. The van der Waals surface area contributed by atoms with Crippen LogP contribution in [0.2, 0.25) is 0 Å². The van der Waals surface area contributed by atoms with E-state index in [4.69, 9.17) is 4.74 Å². The molecule has 2 N–H and O–H groups in total. The Bertz CT molecular complexity index is 1190. The average molecular weight is 421 g/mol. The topological polar surface area (TPSA) is 128 Å². The van der Waals surface area contributed by atoms with Crippen LogP contribution in [0.5, 0.6) is 5.75 Å². The molecule has 2 amide bonds. The summed E-state index contributed by atoms with van der Waals surface area (Å²) in [5, 5.41) is 20.8. The highest BCUT2D eigenvalue weighted by Crippen LogP contribution is 2.36. The number of ether oxygens (including phenoxy) is 1. The Kier molecular flexibility index (Phi) is 5.12. The number of amides is 2. The maximum absolute atomic E-state index is 12.5. The van der Waals surface area contributed by atoms with Gasteiger partial charge in [-0.25, -0.2) is 4.68 Å². The van der Waals surface area contributed by atoms with E-state index in [1.54, 1.807) is 32.4 Å². The van der Waals surface area contributed by atoms with E-state index < -0.39 is 16.9 Å². The Morgan fingerprint density at radius 1 is 1.29 bits per heavy atom. The van der Waals surface area contributed by atoms with Crippen LogP contribution in [0, 0.1) is 17.0 Å². The van der Waals surface area contributed by atoms with Crippen LogP contribution in [-0.4, -0.2) is 33.6 Å². The van der Waals surface area contributed by atoms with E-state index in [1.165, 1.54) is 10.7 Å². The molecule has 0 spiro atoms. The molecule has 10 nitrogen and oxygen atoms in total. The van der Waals surface area contributed by atoms with Crippen molar-refractivity contribution in [3.8, 4) is 16.9 Å². The zero-order valence-corrected chi connectivity index (χ0v) is 16.8. The first-order valence-electron chi connectivity index (χ1n) is 9.45. The van der Waals surface area contributed by atoms with E-state index in [2.05, 4.69) is 15.7 Å². The van der Waals surface area contributed by atoms with Crippen LogP contribution in [0.15, 0.2) is 48.7 Å². The van der Waals surface area contributed by atoms with Crippen molar-refractivity contribution >= 4 is 29.0 Å². The van der Waals surface area contributed by atoms with Gasteiger partial charge in [0.15, 0.2) is 0 Å². The molecule has 0 saturated heterocycles. The number of carbonyl (C=O) groups excluding carboxylic acids is 2. The summed E-state index contributed by atoms with van der Waals surface area (Å²) in [5.74, 6) is 0.428. The second-order valence-corrected chi connectivity index (χ2v) is 7.10. The number of fused-ring (bicyclic) bond motifs is 1. The van der Waals surface area contributed by atoms with Gasteiger partial charge in [-0.2, -0.15) is 5.10 Å². The van der Waals surface area contributed by atoms with E-state index in [0.29, 0.717) is 22.8 Å². The quantitative estimate of drug-likeness (QED) is 0.464. The summed E-state index contributed by atoms with van der Waals surface area (Å²) in [6, 6.07) is 10.9. The fraction of sp³-hybridized carbons (Fsp3) is 0.190. The van der Waals surface area contributed by atoms with Gasteiger partial charge in [-0.15, -0.1) is 0 Å². The molecule has 1 aliphatic heterocycles. The summed E-state index contributed by atoms with van der Waals surface area (Å²) < 4.78 is 6.65. The van der Waals surface area contributed by atoms with Gasteiger partial charge in [-0.05, 0) is 30.7 Å². The Balaban J connectivity index is 1.51. The van der Waals surface area contributed by atoms with Gasteiger partial charge in [0.25, 0.3) is 11.6 Å². The summed E-state index contributed by atoms with van der Waals surface area (Å²) in [4.78, 5) is 35.6. The molecule has 0 aliphatic carbocycles. The number of nitro benzene ring substituents is 1. The van der Waals surface area contributed by atoms with Crippen LogP contribution in [0.4, 0.5) is 17.2 Å². The van der Waals surface area contributed by atoms with Crippen LogP contribution in [0.1, 0.15) is 18.0 Å². The van der Waals surface area contributed by atoms with Crippen LogP contribution >= 0.6 is 0 Å². The number of carbonyl (C=O) groups is 2. The largest absolute Gasteiger partial charge is 0.497 e. The lowest BCUT2D eigenvalue weighted by molar-refractivity contribution is -0.385. The minimum atomic E-state index is -0.817. The highest BCUT2D eigenvalue weighted by Gasteiger charge is 2.35. The smallest absolute Gasteiger partial charge is 0.274 e. The molecule has 31 heavy (non-hydrogen) atoms. The predicted molar refractivity (Wildman–Crippen MR) is 113 cm³/mol. The third kappa shape index (κ3) is 3.82. The van der Waals surface area contributed by atoms with Crippen molar-refractivity contribution < 1.29 is 19.2 Å². The van der Waals surface area contributed by atoms with Crippen molar-refractivity contribution in [1.29, 1.82) is 0 Å². The predicted octanol–water partition coefficient (Wildman–Crippen LogP) is 3.30. The Morgan fingerprint density at radius 2 is 2.03 bits per heavy atom. The van der Waals surface area contributed by atoms with Crippen molar-refractivity contribution in [2.24, 2.45) is 0 Å². The number of benzene rings is 2. The molecule has 4 rings (SSSR count). The van der Waals surface area contributed by atoms with Gasteiger partial charge < -0.3 is 15.4 Å². The van der Waals surface area contributed by atoms with Crippen LogP contribution in [0.3, 0.4) is 0 Å². The number of aryl methyl sites for hydroxylation is 1. The van der Waals surface area contributed by atoms with E-state index in [1.807, 2.05) is 24.3 Å². The summed E-state index contributed by atoms with van der Waals surface area (Å²) >= 11 is 0. The lowest BCUT2D eigenvalue weighted by atomic mass is 10.1. The van der Waals surface area contributed by atoms with E-state index in [9.17, 15) is 19.7 Å². The lowest BCUT2D eigenvalue weighted by Gasteiger charge is -2.10. The number of anilines is 2. The van der Waals surface area contributed by atoms with Gasteiger partial charge in [0, 0.05) is 22.9 Å². The normalized spacial score (nSPS) is 14.6. The number of nitrogens with one attached hydrogen (secondary N) is 2. The van der Waals surface area contributed by atoms with Crippen LogP contribution < -0.4 is 15.4 Å². The molecular formula is C21H19N5O5. The molecule has 1 aliphatic rings. The molecule has 0 saturated carbocycles. The summed E-state index contributed by atoms with van der Waals surface area (Å²) in [6.45, 7) is 1.62. The minimum absolute atomic E-state index is 0.0881. The molecule has 10 heteroatoms. The Labute approximate surface area is 177 Å². The maximum atomic E-state index is 12.5. The molecule has 1 atom stereocenters. The van der Waals surface area contributed by atoms with Crippen molar-refractivity contribution in [2.75, 3.05) is 17.7 Å². The second-order valence-electron chi connectivity index (χ2n) is 7.10. The zero-order valence-electron chi connectivity index (χ0n) is 16.8. The van der Waals surface area contributed by atoms with Gasteiger partial charge in [-0.3, -0.25) is 19.7 Å². The molecule has 2 heterocycles. The zero-order chi connectivity index (χ0) is 22.1. The number of rotatable bonds is 6. The third-order valence-corrected chi connectivity index (χ3v) is 5.10. The molecule has 2 aromatic carbocycles. The first-order chi connectivity index (χ1) is 14.9. The highest BCUT2D eigenvalue weighted by atomic mass is 16.6. The fourth-order valence-corrected chi connectivity index (χ4v) is 3.47. The van der Waals surface area contributed by atoms with Crippen molar-refractivity contribution in [1.82, 2.24) is 9.78 Å². The van der Waals surface area contributed by atoms with Crippen molar-refractivity contribution in [3.05, 3.63) is 64.3 Å². The van der Waals surface area contributed by atoms with Gasteiger partial charge in [-0.1, -0.05) is 18.2 Å². The summed E-state index contributed by atoms with van der Waals surface area (Å²) in [6.07, 6.45) is 1.47. The number of hydrogen-bond donors (Lipinski definition) is 2. The Hall–Kier alpha value is -4.21.